The molecule has 0 aliphatic carbocycles. The van der Waals surface area contributed by atoms with Crippen molar-refractivity contribution in [1.82, 2.24) is 0 Å². The predicted octanol–water partition coefficient (Wildman–Crippen LogP) is 0.885. The predicted molar refractivity (Wildman–Crippen MR) is 34.0 cm³/mol. The summed E-state index contributed by atoms with van der Waals surface area (Å²) in [5.41, 5.74) is 0. The third-order valence-corrected chi connectivity index (χ3v) is 0. The Morgan fingerprint density at radius 3 is 0.833 bits per heavy atom. The van der Waals surface area contributed by atoms with E-state index in [-0.39, 0.29) is 11.0 Å². The van der Waals surface area contributed by atoms with Gasteiger partial charge in [-0.1, -0.05) is 0 Å². The Bertz CT molecular complexity index is 13.5. The molecular formula is H4Br3O2Sc. The summed E-state index contributed by atoms with van der Waals surface area (Å²) >= 11 is 8.83. The van der Waals surface area contributed by atoms with E-state index in [0.717, 1.165) is 0 Å². The molecule has 6 heavy (non-hydrogen) atoms. The van der Waals surface area contributed by atoms with Crippen LogP contribution in [0, 0.1) is 0 Å². The van der Waals surface area contributed by atoms with E-state index in [4.69, 9.17) is 0 Å². The standard InChI is InChI=1S/3BrH.2H2O.Sc/h3*1H;2*1H2;/q;;;;;+3/p-3. The fourth-order valence-electron chi connectivity index (χ4n) is 0. The Morgan fingerprint density at radius 2 is 0.833 bits per heavy atom. The first-order chi connectivity index (χ1) is 1.73. The van der Waals surface area contributed by atoms with Gasteiger partial charge in [0.25, 0.3) is 0 Å². The summed E-state index contributed by atoms with van der Waals surface area (Å²) in [7, 11) is 0. The van der Waals surface area contributed by atoms with Gasteiger partial charge in [-0.05, 0) is 0 Å². The second kappa shape index (κ2) is 10.3. The number of rotatable bonds is 0. The Hall–Kier alpha value is 2.23. The van der Waals surface area contributed by atoms with E-state index in [1.165, 1.54) is 0 Å². The molecule has 0 radical (unpaired) electrons. The van der Waals surface area contributed by atoms with Crippen LogP contribution in [0.3, 0.4) is 0 Å². The van der Waals surface area contributed by atoms with Gasteiger partial charge in [-0.2, -0.15) is 0 Å². The zero-order valence-electron chi connectivity index (χ0n) is 2.71. The Balaban J connectivity index is -0.0000000450. The molecule has 0 heterocycles. The molecular weight excluding hydrogens is 317 g/mol. The van der Waals surface area contributed by atoms with Gasteiger partial charge < -0.3 is 11.0 Å². The molecule has 0 bridgehead atoms. The monoisotopic (exact) mass is 318 g/mol. The van der Waals surface area contributed by atoms with Gasteiger partial charge in [0.2, 0.25) is 0 Å². The number of hydrogen-bond donors (Lipinski definition) is 0. The van der Waals surface area contributed by atoms with Crippen LogP contribution >= 0.6 is 36.9 Å². The summed E-state index contributed by atoms with van der Waals surface area (Å²) in [6.07, 6.45) is 0. The molecule has 0 aromatic carbocycles. The average molecular weight is 321 g/mol. The first-order valence-corrected chi connectivity index (χ1v) is 14.0. The summed E-state index contributed by atoms with van der Waals surface area (Å²) in [4.78, 5) is 0. The summed E-state index contributed by atoms with van der Waals surface area (Å²) < 4.78 is 0. The van der Waals surface area contributed by atoms with E-state index >= 15 is 0 Å². The van der Waals surface area contributed by atoms with Gasteiger partial charge >= 0.3 is 51.3 Å². The third kappa shape index (κ3) is 34.3. The third-order valence-electron chi connectivity index (χ3n) is 0. The minimum absolute atomic E-state index is 0. The first kappa shape index (κ1) is 15.7. The average Bonchev–Trinajstić information content (AvgIpc) is 0.811. The molecule has 0 aliphatic heterocycles. The van der Waals surface area contributed by atoms with E-state index < -0.39 is 14.4 Å². The van der Waals surface area contributed by atoms with Crippen molar-refractivity contribution < 1.29 is 25.4 Å². The summed E-state index contributed by atoms with van der Waals surface area (Å²) in [5.74, 6) is 0. The quantitative estimate of drug-likeness (QED) is 0.636. The fraction of sp³-hybridized carbons (Fsp3) is 0. The van der Waals surface area contributed by atoms with Crippen molar-refractivity contribution in [3.05, 3.63) is 0 Å². The van der Waals surface area contributed by atoms with Crippen molar-refractivity contribution in [3.8, 4) is 0 Å². The molecule has 2 nitrogen and oxygen atoms in total. The van der Waals surface area contributed by atoms with Crippen LogP contribution in [0.1, 0.15) is 0 Å². The molecule has 0 atom stereocenters. The van der Waals surface area contributed by atoms with Crippen molar-refractivity contribution in [1.29, 1.82) is 0 Å². The van der Waals surface area contributed by atoms with Crippen LogP contribution in [0.15, 0.2) is 0 Å². The maximum absolute atomic E-state index is 3.29. The van der Waals surface area contributed by atoms with Crippen LogP contribution in [0.5, 0.6) is 0 Å². The number of hydrogen-bond acceptors (Lipinski definition) is 0. The topological polar surface area (TPSA) is 63.0 Å². The number of halogens is 3. The molecule has 0 saturated heterocycles. The molecule has 4 N–H and O–H groups in total. The SMILES string of the molecule is O.O.[Br][Sc]([Br])[Br]. The molecule has 0 aromatic heterocycles. The van der Waals surface area contributed by atoms with E-state index in [1.807, 2.05) is 0 Å². The van der Waals surface area contributed by atoms with Gasteiger partial charge in [0.05, 0.1) is 0 Å². The molecule has 0 aromatic rings. The van der Waals surface area contributed by atoms with E-state index in [1.54, 1.807) is 0 Å². The summed E-state index contributed by atoms with van der Waals surface area (Å²) in [6, 6.07) is 0. The fourth-order valence-corrected chi connectivity index (χ4v) is 0. The van der Waals surface area contributed by atoms with Crippen molar-refractivity contribution >= 4 is 36.9 Å². The van der Waals surface area contributed by atoms with Crippen LogP contribution < -0.4 is 0 Å². The second-order valence-electron chi connectivity index (χ2n) is 0.247. The zero-order chi connectivity index (χ0) is 3.58. The van der Waals surface area contributed by atoms with Crippen molar-refractivity contribution in [2.24, 2.45) is 0 Å². The van der Waals surface area contributed by atoms with E-state index in [2.05, 4.69) is 36.9 Å². The molecule has 0 aliphatic rings. The molecule has 40 valence electrons. The maximum atomic E-state index is 3.29. The van der Waals surface area contributed by atoms with Crippen LogP contribution in [0.4, 0.5) is 0 Å². The van der Waals surface area contributed by atoms with Gasteiger partial charge in [0, 0.05) is 0 Å². The van der Waals surface area contributed by atoms with Crippen LogP contribution in [0.25, 0.3) is 0 Å². The normalized spacial score (nSPS) is 4.50. The van der Waals surface area contributed by atoms with Gasteiger partial charge in [-0.15, -0.1) is 0 Å². The second-order valence-corrected chi connectivity index (χ2v) is 27.5. The van der Waals surface area contributed by atoms with Gasteiger partial charge in [-0.25, -0.2) is 0 Å². The molecule has 0 spiro atoms. The van der Waals surface area contributed by atoms with Crippen molar-refractivity contribution in [2.75, 3.05) is 0 Å². The Morgan fingerprint density at radius 1 is 0.833 bits per heavy atom. The molecule has 0 amide bonds. The van der Waals surface area contributed by atoms with E-state index in [9.17, 15) is 0 Å². The molecule has 0 rings (SSSR count). The van der Waals surface area contributed by atoms with Crippen LogP contribution in [-0.4, -0.2) is 11.0 Å². The first-order valence-electron chi connectivity index (χ1n) is 0.655. The summed E-state index contributed by atoms with van der Waals surface area (Å²) in [6.45, 7) is 0. The van der Waals surface area contributed by atoms with Crippen LogP contribution in [0.2, 0.25) is 0 Å². The minimum atomic E-state index is -1.04. The van der Waals surface area contributed by atoms with Crippen molar-refractivity contribution in [3.63, 3.8) is 0 Å². The van der Waals surface area contributed by atoms with Crippen LogP contribution in [-0.2, 0) is 14.4 Å². The van der Waals surface area contributed by atoms with Gasteiger partial charge in [0.15, 0.2) is 0 Å². The van der Waals surface area contributed by atoms with Crippen molar-refractivity contribution in [2.45, 2.75) is 0 Å². The molecule has 6 heteroatoms. The van der Waals surface area contributed by atoms with E-state index in [0.29, 0.717) is 0 Å². The zero-order valence-corrected chi connectivity index (χ0v) is 9.27. The molecule has 0 unspecified atom stereocenters. The summed E-state index contributed by atoms with van der Waals surface area (Å²) in [5, 5.41) is 0. The van der Waals surface area contributed by atoms with Gasteiger partial charge in [-0.3, -0.25) is 0 Å². The molecule has 0 fully saturated rings. The Labute approximate surface area is 61.3 Å². The van der Waals surface area contributed by atoms with Gasteiger partial charge in [0.1, 0.15) is 0 Å². The molecule has 0 saturated carbocycles. The Kier molecular flexibility index (Phi) is 26.9.